The van der Waals surface area contributed by atoms with Crippen LogP contribution in [0.3, 0.4) is 0 Å². The SMILES string of the molecule is Cc1c(Br)cccc1C1C(=O)c2ccccc2C1=O. The van der Waals surface area contributed by atoms with Gasteiger partial charge in [-0.05, 0) is 24.1 Å². The minimum Gasteiger partial charge on any atom is -0.293 e. The fourth-order valence-electron chi connectivity index (χ4n) is 2.56. The van der Waals surface area contributed by atoms with Gasteiger partial charge in [-0.3, -0.25) is 9.59 Å². The molecule has 0 saturated heterocycles. The van der Waals surface area contributed by atoms with Crippen LogP contribution in [0.4, 0.5) is 0 Å². The number of Topliss-reactive ketones (excluding diaryl/α,β-unsaturated/α-hetero) is 2. The fourth-order valence-corrected chi connectivity index (χ4v) is 2.94. The van der Waals surface area contributed by atoms with E-state index in [1.54, 1.807) is 24.3 Å². The Morgan fingerprint density at radius 2 is 1.47 bits per heavy atom. The normalized spacial score (nSPS) is 14.8. The zero-order valence-corrected chi connectivity index (χ0v) is 11.9. The van der Waals surface area contributed by atoms with Gasteiger partial charge in [-0.25, -0.2) is 0 Å². The Balaban J connectivity index is 2.17. The monoisotopic (exact) mass is 314 g/mol. The van der Waals surface area contributed by atoms with Gasteiger partial charge >= 0.3 is 0 Å². The maximum Gasteiger partial charge on any atom is 0.178 e. The molecule has 3 rings (SSSR count). The van der Waals surface area contributed by atoms with Crippen LogP contribution in [-0.2, 0) is 0 Å². The molecule has 3 heteroatoms. The van der Waals surface area contributed by atoms with Crippen LogP contribution in [0.2, 0.25) is 0 Å². The van der Waals surface area contributed by atoms with Gasteiger partial charge in [0.15, 0.2) is 11.6 Å². The van der Waals surface area contributed by atoms with Gasteiger partial charge in [-0.2, -0.15) is 0 Å². The molecule has 2 aromatic rings. The summed E-state index contributed by atoms with van der Waals surface area (Å²) in [6.07, 6.45) is 0. The van der Waals surface area contributed by atoms with E-state index in [9.17, 15) is 9.59 Å². The van der Waals surface area contributed by atoms with E-state index in [2.05, 4.69) is 15.9 Å². The summed E-state index contributed by atoms with van der Waals surface area (Å²) >= 11 is 3.45. The first kappa shape index (κ1) is 12.3. The fraction of sp³-hybridized carbons (Fsp3) is 0.125. The largest absolute Gasteiger partial charge is 0.293 e. The highest BCUT2D eigenvalue weighted by atomic mass is 79.9. The van der Waals surface area contributed by atoms with Crippen molar-refractivity contribution in [2.45, 2.75) is 12.8 Å². The average Bonchev–Trinajstić information content (AvgIpc) is 2.67. The Morgan fingerprint density at radius 1 is 0.895 bits per heavy atom. The molecule has 94 valence electrons. The lowest BCUT2D eigenvalue weighted by Gasteiger charge is -2.12. The Kier molecular flexibility index (Phi) is 2.86. The van der Waals surface area contributed by atoms with Crippen molar-refractivity contribution < 1.29 is 9.59 Å². The molecule has 0 unspecified atom stereocenters. The zero-order valence-electron chi connectivity index (χ0n) is 10.3. The Bertz CT molecular complexity index is 669. The second-order valence-electron chi connectivity index (χ2n) is 4.66. The molecule has 0 aliphatic heterocycles. The van der Waals surface area contributed by atoms with Gasteiger partial charge in [0.25, 0.3) is 0 Å². The van der Waals surface area contributed by atoms with Crippen LogP contribution in [0.5, 0.6) is 0 Å². The molecular weight excluding hydrogens is 304 g/mol. The number of fused-ring (bicyclic) bond motifs is 1. The topological polar surface area (TPSA) is 34.1 Å². The van der Waals surface area contributed by atoms with Gasteiger partial charge < -0.3 is 0 Å². The molecular formula is C16H11BrO2. The first-order valence-electron chi connectivity index (χ1n) is 6.03. The van der Waals surface area contributed by atoms with E-state index >= 15 is 0 Å². The van der Waals surface area contributed by atoms with Gasteiger partial charge in [0.2, 0.25) is 0 Å². The van der Waals surface area contributed by atoms with Crippen molar-refractivity contribution in [2.24, 2.45) is 0 Å². The van der Waals surface area contributed by atoms with Crippen molar-refractivity contribution in [1.29, 1.82) is 0 Å². The molecule has 19 heavy (non-hydrogen) atoms. The maximum atomic E-state index is 12.4. The molecule has 2 aromatic carbocycles. The lowest BCUT2D eigenvalue weighted by molar-refractivity contribution is 0.0889. The van der Waals surface area contributed by atoms with E-state index in [0.29, 0.717) is 11.1 Å². The lowest BCUT2D eigenvalue weighted by atomic mass is 9.91. The Labute approximate surface area is 119 Å². The third-order valence-corrected chi connectivity index (χ3v) is 4.46. The standard InChI is InChI=1S/C16H11BrO2/c1-9-10(7-4-8-13(9)17)14-15(18)11-5-2-3-6-12(11)16(14)19/h2-8,14H,1H3. The second kappa shape index (κ2) is 4.42. The summed E-state index contributed by atoms with van der Waals surface area (Å²) in [5.41, 5.74) is 2.82. The van der Waals surface area contributed by atoms with Gasteiger partial charge in [-0.15, -0.1) is 0 Å². The summed E-state index contributed by atoms with van der Waals surface area (Å²) < 4.78 is 0.918. The molecule has 0 radical (unpaired) electrons. The van der Waals surface area contributed by atoms with Crippen molar-refractivity contribution in [2.75, 3.05) is 0 Å². The smallest absolute Gasteiger partial charge is 0.178 e. The van der Waals surface area contributed by atoms with Crippen molar-refractivity contribution in [1.82, 2.24) is 0 Å². The molecule has 1 aliphatic rings. The molecule has 0 N–H and O–H groups in total. The first-order valence-corrected chi connectivity index (χ1v) is 6.83. The predicted octanol–water partition coefficient (Wildman–Crippen LogP) is 3.92. The number of benzene rings is 2. The molecule has 0 aromatic heterocycles. The minimum atomic E-state index is -0.685. The Hall–Kier alpha value is -1.74. The average molecular weight is 315 g/mol. The number of halogens is 1. The van der Waals surface area contributed by atoms with E-state index in [0.717, 1.165) is 15.6 Å². The van der Waals surface area contributed by atoms with Crippen molar-refractivity contribution >= 4 is 27.5 Å². The van der Waals surface area contributed by atoms with Gasteiger partial charge in [0, 0.05) is 15.6 Å². The van der Waals surface area contributed by atoms with E-state index in [1.807, 2.05) is 25.1 Å². The molecule has 0 heterocycles. The molecule has 2 nitrogen and oxygen atoms in total. The van der Waals surface area contributed by atoms with E-state index in [4.69, 9.17) is 0 Å². The molecule has 0 amide bonds. The third-order valence-electron chi connectivity index (χ3n) is 3.60. The summed E-state index contributed by atoms with van der Waals surface area (Å²) in [5, 5.41) is 0. The highest BCUT2D eigenvalue weighted by Gasteiger charge is 2.39. The number of carbonyl (C=O) groups excluding carboxylic acids is 2. The quantitative estimate of drug-likeness (QED) is 0.748. The van der Waals surface area contributed by atoms with Crippen LogP contribution in [0, 0.1) is 6.92 Å². The molecule has 0 fully saturated rings. The zero-order chi connectivity index (χ0) is 13.6. The summed E-state index contributed by atoms with van der Waals surface area (Å²) in [6.45, 7) is 1.92. The van der Waals surface area contributed by atoms with Crippen LogP contribution < -0.4 is 0 Å². The summed E-state index contributed by atoms with van der Waals surface area (Å²) in [7, 11) is 0. The van der Waals surface area contributed by atoms with E-state index in [-0.39, 0.29) is 11.6 Å². The number of hydrogen-bond acceptors (Lipinski definition) is 2. The highest BCUT2D eigenvalue weighted by Crippen LogP contribution is 2.36. The van der Waals surface area contributed by atoms with Crippen LogP contribution in [0.1, 0.15) is 37.8 Å². The third kappa shape index (κ3) is 1.77. The number of ketones is 2. The molecule has 0 saturated carbocycles. The summed E-state index contributed by atoms with van der Waals surface area (Å²) in [4.78, 5) is 24.9. The number of rotatable bonds is 1. The predicted molar refractivity (Wildman–Crippen MR) is 76.7 cm³/mol. The summed E-state index contributed by atoms with van der Waals surface area (Å²) in [6, 6.07) is 12.7. The lowest BCUT2D eigenvalue weighted by Crippen LogP contribution is -2.14. The van der Waals surface area contributed by atoms with E-state index in [1.165, 1.54) is 0 Å². The van der Waals surface area contributed by atoms with E-state index < -0.39 is 5.92 Å². The molecule has 1 aliphatic carbocycles. The molecule has 0 atom stereocenters. The van der Waals surface area contributed by atoms with Crippen LogP contribution in [0.15, 0.2) is 46.9 Å². The second-order valence-corrected chi connectivity index (χ2v) is 5.52. The van der Waals surface area contributed by atoms with Crippen molar-refractivity contribution in [3.63, 3.8) is 0 Å². The van der Waals surface area contributed by atoms with Crippen molar-refractivity contribution in [3.05, 3.63) is 69.2 Å². The minimum absolute atomic E-state index is 0.0956. The molecule has 0 bridgehead atoms. The maximum absolute atomic E-state index is 12.4. The van der Waals surface area contributed by atoms with Gasteiger partial charge in [-0.1, -0.05) is 52.3 Å². The number of carbonyl (C=O) groups is 2. The van der Waals surface area contributed by atoms with Gasteiger partial charge in [0.05, 0.1) is 0 Å². The molecule has 0 spiro atoms. The first-order chi connectivity index (χ1) is 9.11. The summed E-state index contributed by atoms with van der Waals surface area (Å²) in [5.74, 6) is -0.876. The van der Waals surface area contributed by atoms with Crippen LogP contribution in [0.25, 0.3) is 0 Å². The van der Waals surface area contributed by atoms with Gasteiger partial charge in [0.1, 0.15) is 5.92 Å². The highest BCUT2D eigenvalue weighted by molar-refractivity contribution is 9.10. The Morgan fingerprint density at radius 3 is 2.05 bits per heavy atom. The van der Waals surface area contributed by atoms with Crippen molar-refractivity contribution in [3.8, 4) is 0 Å². The van der Waals surface area contributed by atoms with Crippen LogP contribution >= 0.6 is 15.9 Å². The number of hydrogen-bond donors (Lipinski definition) is 0. The van der Waals surface area contributed by atoms with Crippen LogP contribution in [-0.4, -0.2) is 11.6 Å².